The van der Waals surface area contributed by atoms with Crippen LogP contribution in [0.2, 0.25) is 0 Å². The Labute approximate surface area is 128 Å². The Morgan fingerprint density at radius 1 is 1.14 bits per heavy atom. The van der Waals surface area contributed by atoms with E-state index in [1.807, 2.05) is 31.6 Å². The number of nitrogens with one attached hydrogen (secondary N) is 2. The van der Waals surface area contributed by atoms with Gasteiger partial charge in [0, 0.05) is 19.3 Å². The number of hydrogen-bond acceptors (Lipinski definition) is 2. The molecule has 3 rings (SSSR count). The van der Waals surface area contributed by atoms with E-state index in [0.29, 0.717) is 11.7 Å². The first-order chi connectivity index (χ1) is 10.3. The van der Waals surface area contributed by atoms with E-state index in [9.17, 15) is 0 Å². The molecule has 3 aromatic rings. The van der Waals surface area contributed by atoms with E-state index in [2.05, 4.69) is 50.5 Å². The van der Waals surface area contributed by atoms with Crippen LogP contribution < -0.4 is 10.6 Å². The Hall–Kier alpha value is -2.40. The third-order valence-corrected chi connectivity index (χ3v) is 3.70. The third-order valence-electron chi connectivity index (χ3n) is 3.35. The molecule has 5 heteroatoms. The van der Waals surface area contributed by atoms with E-state index in [1.54, 1.807) is 0 Å². The normalized spacial score (nSPS) is 10.5. The average Bonchev–Trinajstić information content (AvgIpc) is 2.97. The first kappa shape index (κ1) is 13.6. The number of aromatic nitrogens is 2. The van der Waals surface area contributed by atoms with Gasteiger partial charge >= 0.3 is 0 Å². The average molecular weight is 296 g/mol. The molecule has 0 aliphatic heterocycles. The zero-order valence-electron chi connectivity index (χ0n) is 11.7. The van der Waals surface area contributed by atoms with Gasteiger partial charge in [-0.3, -0.25) is 4.57 Å². The van der Waals surface area contributed by atoms with E-state index < -0.39 is 0 Å². The van der Waals surface area contributed by atoms with Crippen LogP contribution in [0.1, 0.15) is 5.56 Å². The van der Waals surface area contributed by atoms with Crippen LogP contribution >= 0.6 is 12.2 Å². The number of nitrogens with zero attached hydrogens (tertiary/aromatic N) is 2. The highest BCUT2D eigenvalue weighted by Gasteiger charge is 2.03. The van der Waals surface area contributed by atoms with Crippen LogP contribution in [-0.4, -0.2) is 21.7 Å². The zero-order chi connectivity index (χ0) is 14.7. The molecule has 0 saturated carbocycles. The highest BCUT2D eigenvalue weighted by molar-refractivity contribution is 7.80. The third kappa shape index (κ3) is 2.87. The lowest BCUT2D eigenvalue weighted by atomic mass is 10.2. The smallest absolute Gasteiger partial charge is 0.166 e. The molecule has 21 heavy (non-hydrogen) atoms. The van der Waals surface area contributed by atoms with Gasteiger partial charge in [0.2, 0.25) is 0 Å². The Balaban J connectivity index is 1.82. The summed E-state index contributed by atoms with van der Waals surface area (Å²) in [4.78, 5) is 4.41. The molecule has 0 aliphatic rings. The fraction of sp³-hybridized carbons (Fsp3) is 0.125. The lowest BCUT2D eigenvalue weighted by Crippen LogP contribution is -2.31. The molecule has 1 heterocycles. The molecule has 2 aromatic carbocycles. The summed E-state index contributed by atoms with van der Waals surface area (Å²) >= 11 is 5.06. The topological polar surface area (TPSA) is 41.9 Å². The molecule has 0 radical (unpaired) electrons. The number of thiocarbonyl (C=S) groups is 1. The van der Waals surface area contributed by atoms with E-state index in [1.165, 1.54) is 5.56 Å². The molecule has 2 N–H and O–H groups in total. The van der Waals surface area contributed by atoms with Crippen molar-refractivity contribution < 1.29 is 0 Å². The maximum atomic E-state index is 5.06. The van der Waals surface area contributed by atoms with Gasteiger partial charge in [-0.2, -0.15) is 0 Å². The van der Waals surface area contributed by atoms with Crippen LogP contribution in [0, 0.1) is 0 Å². The summed E-state index contributed by atoms with van der Waals surface area (Å²) in [5, 5.41) is 6.68. The monoisotopic (exact) mass is 296 g/mol. The van der Waals surface area contributed by atoms with Crippen LogP contribution in [0.15, 0.2) is 54.9 Å². The summed E-state index contributed by atoms with van der Waals surface area (Å²) in [6.07, 6.45) is 1.86. The summed E-state index contributed by atoms with van der Waals surface area (Å²) in [6.45, 7) is 0.713. The lowest BCUT2D eigenvalue weighted by molar-refractivity contribution is 0.889. The van der Waals surface area contributed by atoms with Crippen LogP contribution in [-0.2, 0) is 6.54 Å². The molecule has 0 spiro atoms. The lowest BCUT2D eigenvalue weighted by Gasteiger charge is -2.08. The molecule has 0 bridgehead atoms. The number of para-hydroxylation sites is 2. The standard InChI is InChI=1S/C16H16N4S/c1-17-16(21)18-10-12-6-8-13(9-7-12)20-11-19-14-4-2-3-5-15(14)20/h2-9,11H,10H2,1H3,(H2,17,18,21). The maximum absolute atomic E-state index is 5.06. The van der Waals surface area contributed by atoms with Gasteiger partial charge in [0.15, 0.2) is 5.11 Å². The Morgan fingerprint density at radius 3 is 2.67 bits per heavy atom. The number of hydrogen-bond donors (Lipinski definition) is 2. The summed E-state index contributed by atoms with van der Waals surface area (Å²) < 4.78 is 2.09. The number of rotatable bonds is 3. The van der Waals surface area contributed by atoms with Crippen molar-refractivity contribution in [2.45, 2.75) is 6.54 Å². The van der Waals surface area contributed by atoms with Gasteiger partial charge in [-0.1, -0.05) is 24.3 Å². The van der Waals surface area contributed by atoms with E-state index in [0.717, 1.165) is 16.7 Å². The Kier molecular flexibility index (Phi) is 3.83. The van der Waals surface area contributed by atoms with Crippen molar-refractivity contribution >= 4 is 28.4 Å². The van der Waals surface area contributed by atoms with Gasteiger partial charge < -0.3 is 10.6 Å². The molecule has 0 atom stereocenters. The minimum atomic E-state index is 0.652. The van der Waals surface area contributed by atoms with Gasteiger partial charge in [0.05, 0.1) is 11.0 Å². The zero-order valence-corrected chi connectivity index (χ0v) is 12.5. The second-order valence-electron chi connectivity index (χ2n) is 4.70. The van der Waals surface area contributed by atoms with E-state index in [4.69, 9.17) is 12.2 Å². The highest BCUT2D eigenvalue weighted by atomic mass is 32.1. The fourth-order valence-electron chi connectivity index (χ4n) is 2.21. The maximum Gasteiger partial charge on any atom is 0.166 e. The molecule has 0 amide bonds. The minimum absolute atomic E-state index is 0.652. The SMILES string of the molecule is CNC(=S)NCc1ccc(-n2cnc3ccccc32)cc1. The summed E-state index contributed by atoms with van der Waals surface area (Å²) in [7, 11) is 1.81. The summed E-state index contributed by atoms with van der Waals surface area (Å²) in [5.74, 6) is 0. The Morgan fingerprint density at radius 2 is 1.90 bits per heavy atom. The molecule has 0 fully saturated rings. The number of fused-ring (bicyclic) bond motifs is 1. The molecule has 106 valence electrons. The van der Waals surface area contributed by atoms with E-state index >= 15 is 0 Å². The van der Waals surface area contributed by atoms with Crippen LogP contribution in [0.3, 0.4) is 0 Å². The van der Waals surface area contributed by atoms with Crippen molar-refractivity contribution in [2.24, 2.45) is 0 Å². The van der Waals surface area contributed by atoms with Gasteiger partial charge in [0.1, 0.15) is 6.33 Å². The van der Waals surface area contributed by atoms with Gasteiger partial charge in [0.25, 0.3) is 0 Å². The van der Waals surface area contributed by atoms with Crippen molar-refractivity contribution in [3.63, 3.8) is 0 Å². The number of benzene rings is 2. The van der Waals surface area contributed by atoms with Gasteiger partial charge in [-0.25, -0.2) is 4.98 Å². The molecule has 0 saturated heterocycles. The quantitative estimate of drug-likeness (QED) is 0.729. The van der Waals surface area contributed by atoms with Gasteiger partial charge in [-0.05, 0) is 42.0 Å². The van der Waals surface area contributed by atoms with Crippen LogP contribution in [0.25, 0.3) is 16.7 Å². The summed E-state index contributed by atoms with van der Waals surface area (Å²) in [5.41, 5.74) is 4.40. The molecular formula is C16H16N4S. The van der Waals surface area contributed by atoms with Crippen molar-refractivity contribution in [2.75, 3.05) is 7.05 Å². The predicted molar refractivity (Wildman–Crippen MR) is 89.6 cm³/mol. The second-order valence-corrected chi connectivity index (χ2v) is 5.11. The van der Waals surface area contributed by atoms with Crippen molar-refractivity contribution in [1.82, 2.24) is 20.2 Å². The van der Waals surface area contributed by atoms with Crippen molar-refractivity contribution in [3.8, 4) is 5.69 Å². The first-order valence-corrected chi connectivity index (χ1v) is 7.16. The molecule has 1 aromatic heterocycles. The van der Waals surface area contributed by atoms with Crippen molar-refractivity contribution in [1.29, 1.82) is 0 Å². The predicted octanol–water partition coefficient (Wildman–Crippen LogP) is 2.62. The van der Waals surface area contributed by atoms with E-state index in [-0.39, 0.29) is 0 Å². The molecule has 0 aliphatic carbocycles. The van der Waals surface area contributed by atoms with Crippen molar-refractivity contribution in [3.05, 3.63) is 60.4 Å². The first-order valence-electron chi connectivity index (χ1n) is 6.75. The fourth-order valence-corrected chi connectivity index (χ4v) is 2.28. The largest absolute Gasteiger partial charge is 0.366 e. The molecule has 0 unspecified atom stereocenters. The second kappa shape index (κ2) is 5.93. The summed E-state index contributed by atoms with van der Waals surface area (Å²) in [6, 6.07) is 16.5. The molecule has 4 nitrogen and oxygen atoms in total. The van der Waals surface area contributed by atoms with Crippen LogP contribution in [0.4, 0.5) is 0 Å². The Bertz CT molecular complexity index is 761. The number of imidazole rings is 1. The van der Waals surface area contributed by atoms with Gasteiger partial charge in [-0.15, -0.1) is 0 Å². The highest BCUT2D eigenvalue weighted by Crippen LogP contribution is 2.18. The minimum Gasteiger partial charge on any atom is -0.366 e. The van der Waals surface area contributed by atoms with Crippen LogP contribution in [0.5, 0.6) is 0 Å². The molecular weight excluding hydrogens is 280 g/mol.